The Balaban J connectivity index is 1.60. The Morgan fingerprint density at radius 2 is 2.12 bits per heavy atom. The molecule has 0 saturated heterocycles. The smallest absolute Gasteiger partial charge is 0.223 e. The minimum atomic E-state index is 0.456. The molecule has 3 rings (SSSR count). The van der Waals surface area contributed by atoms with Gasteiger partial charge in [-0.25, -0.2) is 4.68 Å². The van der Waals surface area contributed by atoms with E-state index in [1.54, 1.807) is 14.0 Å². The molecule has 0 amide bonds. The van der Waals surface area contributed by atoms with E-state index in [4.69, 9.17) is 4.52 Å². The molecule has 0 aliphatic carbocycles. The highest BCUT2D eigenvalue weighted by Crippen LogP contribution is 2.09. The minimum Gasteiger partial charge on any atom is -0.349 e. The third-order valence-corrected chi connectivity index (χ3v) is 3.62. The molecule has 3 aromatic rings. The standard InChI is InChI=1S/C17H21N7O/c1-13-21-16(22-25-13)10-19-17(18-2)23(3)11-14-9-20-24(12-14)15-7-5-4-6-8-15/h4-9,12H,10-11H2,1-3H3,(H,18,19). The molecule has 0 bridgehead atoms. The highest BCUT2D eigenvalue weighted by Gasteiger charge is 2.10. The fourth-order valence-electron chi connectivity index (χ4n) is 2.47. The van der Waals surface area contributed by atoms with Crippen LogP contribution in [0.4, 0.5) is 0 Å². The van der Waals surface area contributed by atoms with E-state index in [1.165, 1.54) is 0 Å². The summed E-state index contributed by atoms with van der Waals surface area (Å²) in [4.78, 5) is 10.5. The topological polar surface area (TPSA) is 84.4 Å². The molecule has 1 N–H and O–H groups in total. The van der Waals surface area contributed by atoms with Gasteiger partial charge in [-0.2, -0.15) is 10.1 Å². The van der Waals surface area contributed by atoms with Gasteiger partial charge in [-0.05, 0) is 12.1 Å². The van der Waals surface area contributed by atoms with Crippen molar-refractivity contribution in [1.29, 1.82) is 0 Å². The maximum atomic E-state index is 4.97. The van der Waals surface area contributed by atoms with Crippen molar-refractivity contribution < 1.29 is 4.52 Å². The lowest BCUT2D eigenvalue weighted by molar-refractivity contribution is 0.386. The summed E-state index contributed by atoms with van der Waals surface area (Å²) in [6.07, 6.45) is 3.88. The van der Waals surface area contributed by atoms with Crippen LogP contribution in [-0.2, 0) is 13.1 Å². The van der Waals surface area contributed by atoms with Crippen molar-refractivity contribution in [2.45, 2.75) is 20.0 Å². The molecule has 0 aliphatic heterocycles. The molecular formula is C17H21N7O. The number of benzene rings is 1. The van der Waals surface area contributed by atoms with Crippen LogP contribution in [0.5, 0.6) is 0 Å². The lowest BCUT2D eigenvalue weighted by Gasteiger charge is -2.20. The molecule has 8 heteroatoms. The summed E-state index contributed by atoms with van der Waals surface area (Å²) in [5, 5.41) is 11.5. The Hall–Kier alpha value is -3.16. The lowest BCUT2D eigenvalue weighted by Crippen LogP contribution is -2.38. The average molecular weight is 339 g/mol. The Morgan fingerprint density at radius 3 is 2.80 bits per heavy atom. The molecule has 0 unspecified atom stereocenters. The number of hydrogen-bond donors (Lipinski definition) is 1. The van der Waals surface area contributed by atoms with Gasteiger partial charge in [0.2, 0.25) is 5.89 Å². The number of aryl methyl sites for hydroxylation is 1. The van der Waals surface area contributed by atoms with Crippen molar-refractivity contribution in [3.63, 3.8) is 0 Å². The molecule has 0 spiro atoms. The number of nitrogens with zero attached hydrogens (tertiary/aromatic N) is 6. The van der Waals surface area contributed by atoms with Gasteiger partial charge in [0, 0.05) is 39.3 Å². The predicted octanol–water partition coefficient (Wildman–Crippen LogP) is 1.77. The molecule has 0 saturated carbocycles. The molecule has 2 heterocycles. The number of aliphatic imine (C=N–C) groups is 1. The van der Waals surface area contributed by atoms with Crippen LogP contribution in [0, 0.1) is 6.92 Å². The maximum Gasteiger partial charge on any atom is 0.223 e. The summed E-state index contributed by atoms with van der Waals surface area (Å²) in [5.41, 5.74) is 2.12. The molecule has 1 aromatic carbocycles. The van der Waals surface area contributed by atoms with E-state index >= 15 is 0 Å². The Kier molecular flexibility index (Phi) is 5.08. The molecule has 0 aliphatic rings. The van der Waals surface area contributed by atoms with Crippen LogP contribution in [0.1, 0.15) is 17.3 Å². The summed E-state index contributed by atoms with van der Waals surface area (Å²) >= 11 is 0. The first-order chi connectivity index (χ1) is 12.2. The number of para-hydroxylation sites is 1. The van der Waals surface area contributed by atoms with Crippen molar-refractivity contribution in [1.82, 2.24) is 30.1 Å². The SMILES string of the molecule is CN=C(NCc1noc(C)n1)N(C)Cc1cnn(-c2ccccc2)c1. The van der Waals surface area contributed by atoms with Gasteiger partial charge in [0.25, 0.3) is 0 Å². The molecule has 130 valence electrons. The van der Waals surface area contributed by atoms with Crippen LogP contribution in [0.2, 0.25) is 0 Å². The number of guanidine groups is 1. The van der Waals surface area contributed by atoms with Gasteiger partial charge in [0.1, 0.15) is 0 Å². The zero-order valence-corrected chi connectivity index (χ0v) is 14.5. The summed E-state index contributed by atoms with van der Waals surface area (Å²) in [6, 6.07) is 10.0. The molecule has 25 heavy (non-hydrogen) atoms. The molecule has 0 atom stereocenters. The third-order valence-electron chi connectivity index (χ3n) is 3.62. The van der Waals surface area contributed by atoms with E-state index in [9.17, 15) is 0 Å². The van der Waals surface area contributed by atoms with Gasteiger partial charge in [-0.3, -0.25) is 4.99 Å². The van der Waals surface area contributed by atoms with Crippen molar-refractivity contribution >= 4 is 5.96 Å². The van der Waals surface area contributed by atoms with Gasteiger partial charge >= 0.3 is 0 Å². The summed E-state index contributed by atoms with van der Waals surface area (Å²) < 4.78 is 6.83. The second-order valence-electron chi connectivity index (χ2n) is 5.62. The van der Waals surface area contributed by atoms with E-state index in [1.807, 2.05) is 59.4 Å². The van der Waals surface area contributed by atoms with Crippen LogP contribution in [0.25, 0.3) is 5.69 Å². The largest absolute Gasteiger partial charge is 0.349 e. The van der Waals surface area contributed by atoms with E-state index in [0.29, 0.717) is 24.8 Å². The molecular weight excluding hydrogens is 318 g/mol. The molecule has 0 radical (unpaired) electrons. The first kappa shape index (κ1) is 16.7. The number of nitrogens with one attached hydrogen (secondary N) is 1. The van der Waals surface area contributed by atoms with Crippen molar-refractivity contribution in [3.8, 4) is 5.69 Å². The van der Waals surface area contributed by atoms with E-state index in [2.05, 4.69) is 25.5 Å². The fourth-order valence-corrected chi connectivity index (χ4v) is 2.47. The Morgan fingerprint density at radius 1 is 1.32 bits per heavy atom. The number of aromatic nitrogens is 4. The maximum absolute atomic E-state index is 4.97. The average Bonchev–Trinajstić information content (AvgIpc) is 3.25. The highest BCUT2D eigenvalue weighted by atomic mass is 16.5. The van der Waals surface area contributed by atoms with Crippen LogP contribution in [0.3, 0.4) is 0 Å². The first-order valence-electron chi connectivity index (χ1n) is 7.95. The zero-order chi connectivity index (χ0) is 17.6. The normalized spacial score (nSPS) is 11.6. The number of hydrogen-bond acceptors (Lipinski definition) is 5. The second-order valence-corrected chi connectivity index (χ2v) is 5.62. The zero-order valence-electron chi connectivity index (χ0n) is 14.5. The van der Waals surface area contributed by atoms with Crippen LogP contribution in [-0.4, -0.2) is 44.9 Å². The Bertz CT molecular complexity index is 838. The monoisotopic (exact) mass is 339 g/mol. The van der Waals surface area contributed by atoms with Crippen molar-refractivity contribution in [2.24, 2.45) is 4.99 Å². The summed E-state index contributed by atoms with van der Waals surface area (Å²) in [6.45, 7) is 2.90. The van der Waals surface area contributed by atoms with Crippen LogP contribution < -0.4 is 5.32 Å². The van der Waals surface area contributed by atoms with E-state index in [0.717, 1.165) is 17.2 Å². The summed E-state index contributed by atoms with van der Waals surface area (Å²) in [7, 11) is 3.71. The molecule has 2 aromatic heterocycles. The van der Waals surface area contributed by atoms with Gasteiger partial charge in [-0.15, -0.1) is 0 Å². The van der Waals surface area contributed by atoms with E-state index < -0.39 is 0 Å². The fraction of sp³-hybridized carbons (Fsp3) is 0.294. The van der Waals surface area contributed by atoms with E-state index in [-0.39, 0.29) is 0 Å². The minimum absolute atomic E-state index is 0.456. The van der Waals surface area contributed by atoms with Crippen LogP contribution >= 0.6 is 0 Å². The van der Waals surface area contributed by atoms with Crippen LogP contribution in [0.15, 0.2) is 52.2 Å². The van der Waals surface area contributed by atoms with Gasteiger partial charge < -0.3 is 14.7 Å². The first-order valence-corrected chi connectivity index (χ1v) is 7.95. The highest BCUT2D eigenvalue weighted by molar-refractivity contribution is 5.79. The summed E-state index contributed by atoms with van der Waals surface area (Å²) in [5.74, 6) is 1.90. The Labute approximate surface area is 146 Å². The van der Waals surface area contributed by atoms with Gasteiger partial charge in [-0.1, -0.05) is 23.4 Å². The predicted molar refractivity (Wildman–Crippen MR) is 94.3 cm³/mol. The lowest BCUT2D eigenvalue weighted by atomic mass is 10.3. The van der Waals surface area contributed by atoms with Gasteiger partial charge in [0.05, 0.1) is 18.4 Å². The van der Waals surface area contributed by atoms with Crippen molar-refractivity contribution in [2.75, 3.05) is 14.1 Å². The third kappa shape index (κ3) is 4.23. The number of rotatable bonds is 5. The molecule has 8 nitrogen and oxygen atoms in total. The van der Waals surface area contributed by atoms with Gasteiger partial charge in [0.15, 0.2) is 11.8 Å². The molecule has 0 fully saturated rings. The van der Waals surface area contributed by atoms with Crippen molar-refractivity contribution in [3.05, 3.63) is 60.0 Å². The second kappa shape index (κ2) is 7.61. The quantitative estimate of drug-likeness (QED) is 0.563.